The number of hydrogen-bond acceptors (Lipinski definition) is 3. The van der Waals surface area contributed by atoms with Crippen molar-refractivity contribution in [2.75, 3.05) is 0 Å². The van der Waals surface area contributed by atoms with E-state index < -0.39 is 0 Å². The first kappa shape index (κ1) is 6.84. The average molecular weight is 159 g/mol. The summed E-state index contributed by atoms with van der Waals surface area (Å²) < 4.78 is 1.66. The van der Waals surface area contributed by atoms with Gasteiger partial charge in [-0.05, 0) is 17.1 Å². The lowest BCUT2D eigenvalue weighted by Gasteiger charge is -1.89. The molecule has 0 aliphatic heterocycles. The van der Waals surface area contributed by atoms with Crippen molar-refractivity contribution in [1.82, 2.24) is 15.1 Å². The van der Waals surface area contributed by atoms with Crippen molar-refractivity contribution in [3.63, 3.8) is 0 Å². The Morgan fingerprint density at radius 2 is 2.08 bits per heavy atom. The zero-order valence-corrected chi connectivity index (χ0v) is 6.33. The van der Waals surface area contributed by atoms with Gasteiger partial charge in [-0.3, -0.25) is 4.98 Å². The third-order valence-electron chi connectivity index (χ3n) is 1.40. The Balaban J connectivity index is 2.46. The van der Waals surface area contributed by atoms with Gasteiger partial charge in [0.1, 0.15) is 12.4 Å². The predicted molar refractivity (Wildman–Crippen MR) is 41.4 cm³/mol. The van der Waals surface area contributed by atoms with Gasteiger partial charge in [-0.15, -0.1) is 4.68 Å². The van der Waals surface area contributed by atoms with E-state index in [1.54, 1.807) is 29.5 Å². The van der Waals surface area contributed by atoms with Crippen molar-refractivity contribution < 1.29 is 4.68 Å². The predicted octanol–water partition coefficient (Wildman–Crippen LogP) is 0.148. The monoisotopic (exact) mass is 159 g/mol. The fraction of sp³-hybridized carbons (Fsp3) is 0. The van der Waals surface area contributed by atoms with Crippen LogP contribution in [0, 0.1) is 0 Å². The van der Waals surface area contributed by atoms with E-state index in [-0.39, 0.29) is 0 Å². The highest BCUT2D eigenvalue weighted by molar-refractivity contribution is 5.00. The van der Waals surface area contributed by atoms with Gasteiger partial charge in [0.15, 0.2) is 6.20 Å². The first-order valence-corrected chi connectivity index (χ1v) is 3.56. The lowest BCUT2D eigenvalue weighted by atomic mass is 10.6. The quantitative estimate of drug-likeness (QED) is 0.556. The molecule has 58 valence electrons. The molecule has 0 N–H and O–H groups in total. The normalized spacial score (nSPS) is 9.67. The lowest BCUT2D eigenvalue weighted by Crippen LogP contribution is -2.35. The SMILES string of the molecule is c1cc[n+](-c2cnccn2)nc1. The zero-order chi connectivity index (χ0) is 8.23. The minimum atomic E-state index is 0.720. The van der Waals surface area contributed by atoms with E-state index in [0.29, 0.717) is 0 Å². The molecule has 12 heavy (non-hydrogen) atoms. The summed E-state index contributed by atoms with van der Waals surface area (Å²) in [6.07, 6.45) is 8.45. The van der Waals surface area contributed by atoms with Crippen LogP contribution in [-0.4, -0.2) is 15.1 Å². The third-order valence-corrected chi connectivity index (χ3v) is 1.40. The molecule has 0 bridgehead atoms. The average Bonchev–Trinajstić information content (AvgIpc) is 2.21. The van der Waals surface area contributed by atoms with Crippen LogP contribution in [0.2, 0.25) is 0 Å². The van der Waals surface area contributed by atoms with Crippen LogP contribution in [0.25, 0.3) is 5.82 Å². The fourth-order valence-corrected chi connectivity index (χ4v) is 0.875. The van der Waals surface area contributed by atoms with Gasteiger partial charge in [0.25, 0.3) is 0 Å². The van der Waals surface area contributed by atoms with Crippen molar-refractivity contribution in [3.05, 3.63) is 43.1 Å². The molecule has 0 atom stereocenters. The van der Waals surface area contributed by atoms with Gasteiger partial charge < -0.3 is 0 Å². The van der Waals surface area contributed by atoms with Gasteiger partial charge in [0, 0.05) is 0 Å². The highest BCUT2D eigenvalue weighted by Gasteiger charge is 2.04. The van der Waals surface area contributed by atoms with Gasteiger partial charge in [0.05, 0.1) is 12.4 Å². The first-order chi connectivity index (χ1) is 5.97. The van der Waals surface area contributed by atoms with E-state index in [1.165, 1.54) is 0 Å². The Morgan fingerprint density at radius 1 is 1.08 bits per heavy atom. The van der Waals surface area contributed by atoms with Crippen LogP contribution >= 0.6 is 0 Å². The van der Waals surface area contributed by atoms with E-state index in [9.17, 15) is 0 Å². The maximum Gasteiger partial charge on any atom is 0.366 e. The molecule has 0 amide bonds. The summed E-state index contributed by atoms with van der Waals surface area (Å²) in [5, 5.41) is 4.06. The summed E-state index contributed by atoms with van der Waals surface area (Å²) in [4.78, 5) is 8.02. The largest absolute Gasteiger partial charge is 0.366 e. The van der Waals surface area contributed by atoms with Gasteiger partial charge >= 0.3 is 5.82 Å². The van der Waals surface area contributed by atoms with E-state index in [0.717, 1.165) is 5.82 Å². The molecule has 2 aromatic heterocycles. The number of rotatable bonds is 1. The molecule has 4 nitrogen and oxygen atoms in total. The highest BCUT2D eigenvalue weighted by atomic mass is 15.3. The maximum absolute atomic E-state index is 4.09. The maximum atomic E-state index is 4.09. The van der Waals surface area contributed by atoms with Gasteiger partial charge in [-0.25, -0.2) is 0 Å². The molecule has 2 heterocycles. The van der Waals surface area contributed by atoms with Crippen molar-refractivity contribution >= 4 is 0 Å². The van der Waals surface area contributed by atoms with Gasteiger partial charge in [-0.2, -0.15) is 0 Å². The van der Waals surface area contributed by atoms with Crippen LogP contribution in [0.5, 0.6) is 0 Å². The van der Waals surface area contributed by atoms with Crippen molar-refractivity contribution in [1.29, 1.82) is 0 Å². The molecular weight excluding hydrogens is 152 g/mol. The van der Waals surface area contributed by atoms with Crippen molar-refractivity contribution in [3.8, 4) is 5.82 Å². The highest BCUT2D eigenvalue weighted by Crippen LogP contribution is 1.85. The van der Waals surface area contributed by atoms with E-state index in [1.807, 2.05) is 18.3 Å². The van der Waals surface area contributed by atoms with Crippen LogP contribution in [0.1, 0.15) is 0 Å². The molecule has 0 spiro atoms. The van der Waals surface area contributed by atoms with Crippen LogP contribution in [0.15, 0.2) is 43.1 Å². The van der Waals surface area contributed by atoms with Gasteiger partial charge in [0.2, 0.25) is 0 Å². The summed E-state index contributed by atoms with van der Waals surface area (Å²) in [7, 11) is 0. The molecule has 0 saturated carbocycles. The molecule has 0 aliphatic rings. The first-order valence-electron chi connectivity index (χ1n) is 3.56. The summed E-state index contributed by atoms with van der Waals surface area (Å²) >= 11 is 0. The second kappa shape index (κ2) is 3.04. The number of aromatic nitrogens is 4. The van der Waals surface area contributed by atoms with Crippen molar-refractivity contribution in [2.24, 2.45) is 0 Å². The van der Waals surface area contributed by atoms with E-state index in [2.05, 4.69) is 15.1 Å². The minimum Gasteiger partial charge on any atom is -0.252 e. The Kier molecular flexibility index (Phi) is 1.74. The topological polar surface area (TPSA) is 42.5 Å². The Hall–Kier alpha value is -1.84. The molecule has 0 fully saturated rings. The molecule has 0 unspecified atom stereocenters. The van der Waals surface area contributed by atoms with Crippen LogP contribution in [0.3, 0.4) is 0 Å². The van der Waals surface area contributed by atoms with Crippen LogP contribution in [0.4, 0.5) is 0 Å². The molecular formula is C8H7N4+. The number of hydrogen-bond donors (Lipinski definition) is 0. The molecule has 0 saturated heterocycles. The summed E-state index contributed by atoms with van der Waals surface area (Å²) in [5.41, 5.74) is 0. The Bertz CT molecular complexity index is 308. The standard InChI is InChI=1S/C8H7N4/c1-2-6-12(11-3-1)8-7-9-4-5-10-8/h1-7H/q+1. The fourth-order valence-electron chi connectivity index (χ4n) is 0.875. The molecule has 0 aliphatic carbocycles. The smallest absolute Gasteiger partial charge is 0.252 e. The Labute approximate surface area is 69.5 Å². The second-order valence-corrected chi connectivity index (χ2v) is 2.21. The molecule has 0 aromatic carbocycles. The summed E-state index contributed by atoms with van der Waals surface area (Å²) in [6.45, 7) is 0. The molecule has 0 radical (unpaired) electrons. The van der Waals surface area contributed by atoms with E-state index in [4.69, 9.17) is 0 Å². The number of nitrogens with zero attached hydrogens (tertiary/aromatic N) is 4. The van der Waals surface area contributed by atoms with E-state index >= 15 is 0 Å². The van der Waals surface area contributed by atoms with Crippen molar-refractivity contribution in [2.45, 2.75) is 0 Å². The molecule has 4 heteroatoms. The summed E-state index contributed by atoms with van der Waals surface area (Å²) in [5.74, 6) is 0.720. The zero-order valence-electron chi connectivity index (χ0n) is 6.33. The van der Waals surface area contributed by atoms with Gasteiger partial charge in [-0.1, -0.05) is 5.10 Å². The lowest BCUT2D eigenvalue weighted by molar-refractivity contribution is -0.663. The van der Waals surface area contributed by atoms with Crippen LogP contribution in [-0.2, 0) is 0 Å². The minimum absolute atomic E-state index is 0.720. The molecule has 2 rings (SSSR count). The third kappa shape index (κ3) is 1.27. The second-order valence-electron chi connectivity index (χ2n) is 2.21. The van der Waals surface area contributed by atoms with Crippen LogP contribution < -0.4 is 4.68 Å². The Morgan fingerprint density at radius 3 is 2.75 bits per heavy atom. The summed E-state index contributed by atoms with van der Waals surface area (Å²) in [6, 6.07) is 3.74. The molecule has 2 aromatic rings.